The summed E-state index contributed by atoms with van der Waals surface area (Å²) in [4.78, 5) is 0. The second-order valence-electron chi connectivity index (χ2n) is 7.83. The number of rotatable bonds is 4. The van der Waals surface area contributed by atoms with E-state index in [1.165, 1.54) is 24.0 Å². The van der Waals surface area contributed by atoms with Gasteiger partial charge in [0.15, 0.2) is 0 Å². The molecule has 5 heteroatoms. The molecular formula is C22H28ClN2OP. The van der Waals surface area contributed by atoms with Crippen LogP contribution in [0.1, 0.15) is 62.7 Å². The molecular weight excluding hydrogens is 375 g/mol. The minimum atomic E-state index is -3.17. The molecule has 0 amide bonds. The van der Waals surface area contributed by atoms with E-state index in [2.05, 4.69) is 47.5 Å². The number of hydrogen-bond donors (Lipinski definition) is 0. The molecule has 1 saturated carbocycles. The van der Waals surface area contributed by atoms with Gasteiger partial charge in [0.25, 0.3) is 0 Å². The third-order valence-corrected chi connectivity index (χ3v) is 9.77. The van der Waals surface area contributed by atoms with Gasteiger partial charge in [-0.25, -0.2) is 9.34 Å². The highest BCUT2D eigenvalue weighted by Crippen LogP contribution is 2.71. The molecule has 1 saturated heterocycles. The van der Waals surface area contributed by atoms with Crippen LogP contribution < -0.4 is 0 Å². The van der Waals surface area contributed by atoms with E-state index in [0.717, 1.165) is 12.8 Å². The molecule has 1 aliphatic carbocycles. The first-order valence-electron chi connectivity index (χ1n) is 9.99. The van der Waals surface area contributed by atoms with Crippen molar-refractivity contribution in [2.75, 3.05) is 0 Å². The number of halogens is 1. The highest BCUT2D eigenvalue weighted by molar-refractivity contribution is 7.85. The molecule has 0 N–H and O–H groups in total. The van der Waals surface area contributed by atoms with Crippen LogP contribution in [0, 0.1) is 0 Å². The van der Waals surface area contributed by atoms with Gasteiger partial charge in [0.05, 0.1) is 0 Å². The summed E-state index contributed by atoms with van der Waals surface area (Å²) in [5.41, 5.74) is 2.36. The summed E-state index contributed by atoms with van der Waals surface area (Å²) in [6.45, 7) is 1.12. The zero-order valence-corrected chi connectivity index (χ0v) is 17.7. The molecule has 4 atom stereocenters. The molecule has 1 aliphatic heterocycles. The molecule has 4 rings (SSSR count). The van der Waals surface area contributed by atoms with Crippen molar-refractivity contribution in [1.82, 2.24) is 9.34 Å². The van der Waals surface area contributed by atoms with Crippen LogP contribution in [0.15, 0.2) is 60.7 Å². The van der Waals surface area contributed by atoms with Crippen molar-refractivity contribution in [2.24, 2.45) is 0 Å². The lowest BCUT2D eigenvalue weighted by Crippen LogP contribution is -2.41. The van der Waals surface area contributed by atoms with E-state index in [1.807, 2.05) is 36.4 Å². The lowest BCUT2D eigenvalue weighted by atomic mass is 9.88. The predicted molar refractivity (Wildman–Crippen MR) is 113 cm³/mol. The Hall–Kier alpha value is -1.12. The lowest BCUT2D eigenvalue weighted by Gasteiger charge is -2.34. The maximum atomic E-state index is 14.1. The topological polar surface area (TPSA) is 23.6 Å². The Bertz CT molecular complexity index is 750. The van der Waals surface area contributed by atoms with Crippen LogP contribution in [-0.2, 0) is 4.57 Å². The zero-order chi connectivity index (χ0) is 19.0. The van der Waals surface area contributed by atoms with Crippen LogP contribution in [0.5, 0.6) is 0 Å². The number of benzene rings is 2. The second-order valence-corrected chi connectivity index (χ2v) is 11.0. The summed E-state index contributed by atoms with van der Waals surface area (Å²) in [5.74, 6) is 0. The summed E-state index contributed by atoms with van der Waals surface area (Å²) in [6.07, 6.45) is 4.50. The highest BCUT2D eigenvalue weighted by Gasteiger charge is 2.57. The molecule has 2 aromatic rings. The molecule has 2 fully saturated rings. The van der Waals surface area contributed by atoms with Crippen LogP contribution in [0.3, 0.4) is 0 Å². The fourth-order valence-electron chi connectivity index (χ4n) is 4.96. The molecule has 1 heterocycles. The maximum Gasteiger partial charge on any atom is 0.306 e. The van der Waals surface area contributed by atoms with Crippen LogP contribution >= 0.6 is 18.0 Å². The summed E-state index contributed by atoms with van der Waals surface area (Å²) in [7, 11) is 0. The molecule has 0 unspecified atom stereocenters. The average Bonchev–Trinajstić information content (AvgIpc) is 2.94. The van der Waals surface area contributed by atoms with E-state index in [4.69, 9.17) is 11.2 Å². The molecule has 0 radical (unpaired) electrons. The van der Waals surface area contributed by atoms with Crippen molar-refractivity contribution in [3.8, 4) is 0 Å². The van der Waals surface area contributed by atoms with Gasteiger partial charge in [0, 0.05) is 24.2 Å². The molecule has 27 heavy (non-hydrogen) atoms. The Morgan fingerprint density at radius 2 is 1.19 bits per heavy atom. The Kier molecular flexibility index (Phi) is 5.49. The highest BCUT2D eigenvalue weighted by atomic mass is 35.7. The molecule has 144 valence electrons. The van der Waals surface area contributed by atoms with Crippen molar-refractivity contribution < 1.29 is 4.57 Å². The van der Waals surface area contributed by atoms with Crippen LogP contribution in [-0.4, -0.2) is 21.4 Å². The van der Waals surface area contributed by atoms with E-state index in [1.54, 1.807) is 0 Å². The first-order chi connectivity index (χ1) is 13.0. The van der Waals surface area contributed by atoms with Gasteiger partial charge in [-0.3, -0.25) is 4.57 Å². The van der Waals surface area contributed by atoms with Gasteiger partial charge in [-0.15, -0.1) is 0 Å². The van der Waals surface area contributed by atoms with Crippen LogP contribution in [0.25, 0.3) is 0 Å². The van der Waals surface area contributed by atoms with Crippen molar-refractivity contribution in [3.63, 3.8) is 0 Å². The van der Waals surface area contributed by atoms with Gasteiger partial charge in [0.2, 0.25) is 0 Å². The Balaban J connectivity index is 1.73. The fourth-order valence-corrected chi connectivity index (χ4v) is 9.05. The number of fused-ring (bicyclic) bond motifs is 1. The van der Waals surface area contributed by atoms with Gasteiger partial charge >= 0.3 is 6.80 Å². The monoisotopic (exact) mass is 402 g/mol. The van der Waals surface area contributed by atoms with Crippen LogP contribution in [0.2, 0.25) is 0 Å². The lowest BCUT2D eigenvalue weighted by molar-refractivity contribution is 0.166. The minimum absolute atomic E-state index is 0.0353. The summed E-state index contributed by atoms with van der Waals surface area (Å²) in [6, 6.07) is 21.3. The molecule has 0 bridgehead atoms. The average molecular weight is 403 g/mol. The van der Waals surface area contributed by atoms with E-state index < -0.39 is 6.80 Å². The summed E-state index contributed by atoms with van der Waals surface area (Å²) < 4.78 is 18.4. The first-order valence-corrected chi connectivity index (χ1v) is 12.5. The molecule has 2 aromatic carbocycles. The predicted octanol–water partition coefficient (Wildman–Crippen LogP) is 6.78. The summed E-state index contributed by atoms with van der Waals surface area (Å²) in [5, 5.41) is 0. The third-order valence-electron chi connectivity index (χ3n) is 6.30. The Morgan fingerprint density at radius 1 is 0.815 bits per heavy atom. The quantitative estimate of drug-likeness (QED) is 0.526. The SMILES string of the molecule is C[C@@H](c1ccccc1)N1[C@H]2CCCC[C@@H]2N([C@@H](C)c2ccccc2)P1(=O)Cl. The van der Waals surface area contributed by atoms with Gasteiger partial charge in [0.1, 0.15) is 0 Å². The minimum Gasteiger partial charge on any atom is -0.271 e. The van der Waals surface area contributed by atoms with Crippen molar-refractivity contribution in [3.05, 3.63) is 71.8 Å². The van der Waals surface area contributed by atoms with E-state index >= 15 is 0 Å². The third kappa shape index (κ3) is 3.40. The van der Waals surface area contributed by atoms with E-state index in [0.29, 0.717) is 0 Å². The fraction of sp³-hybridized carbons (Fsp3) is 0.455. The van der Waals surface area contributed by atoms with E-state index in [-0.39, 0.29) is 24.2 Å². The molecule has 0 spiro atoms. The Labute approximate surface area is 167 Å². The zero-order valence-electron chi connectivity index (χ0n) is 16.0. The van der Waals surface area contributed by atoms with Gasteiger partial charge < -0.3 is 0 Å². The number of hydrogen-bond acceptors (Lipinski definition) is 1. The normalized spacial score (nSPS) is 27.8. The number of nitrogens with zero attached hydrogens (tertiary/aromatic N) is 2. The van der Waals surface area contributed by atoms with Crippen molar-refractivity contribution >= 4 is 18.0 Å². The standard InChI is InChI=1S/C22H28ClN2OP/c1-17(19-11-5-3-6-12-19)24-21-15-9-10-16-22(21)25(27(24,23)26)18(2)20-13-7-4-8-14-20/h3-8,11-14,17-18,21-22H,9-10,15-16H2,1-2H3/t17-,18-,21-,22-/m0/s1. The summed E-state index contributed by atoms with van der Waals surface area (Å²) >= 11 is 6.97. The van der Waals surface area contributed by atoms with Gasteiger partial charge in [-0.05, 0) is 49.1 Å². The molecule has 0 aromatic heterocycles. The van der Waals surface area contributed by atoms with Crippen molar-refractivity contribution in [2.45, 2.75) is 63.7 Å². The first kappa shape index (κ1) is 19.2. The smallest absolute Gasteiger partial charge is 0.271 e. The van der Waals surface area contributed by atoms with Crippen molar-refractivity contribution in [1.29, 1.82) is 0 Å². The Morgan fingerprint density at radius 3 is 1.56 bits per heavy atom. The van der Waals surface area contributed by atoms with Gasteiger partial charge in [-0.2, -0.15) is 0 Å². The van der Waals surface area contributed by atoms with Gasteiger partial charge in [-0.1, -0.05) is 73.5 Å². The molecule has 3 nitrogen and oxygen atoms in total. The maximum absolute atomic E-state index is 14.1. The molecule has 2 aliphatic rings. The van der Waals surface area contributed by atoms with E-state index in [9.17, 15) is 4.57 Å². The van der Waals surface area contributed by atoms with Crippen LogP contribution in [0.4, 0.5) is 0 Å². The second kappa shape index (κ2) is 7.72. The largest absolute Gasteiger partial charge is 0.306 e.